The van der Waals surface area contributed by atoms with E-state index in [0.29, 0.717) is 15.6 Å². The third-order valence-electron chi connectivity index (χ3n) is 2.64. The van der Waals surface area contributed by atoms with E-state index in [1.165, 1.54) is 18.5 Å². The number of nitro groups is 1. The summed E-state index contributed by atoms with van der Waals surface area (Å²) < 4.78 is 0. The maximum absolute atomic E-state index is 11.9. The minimum Gasteiger partial charge on any atom is -0.300 e. The molecule has 9 nitrogen and oxygen atoms in total. The van der Waals surface area contributed by atoms with E-state index in [9.17, 15) is 14.9 Å². The van der Waals surface area contributed by atoms with Crippen LogP contribution in [-0.4, -0.2) is 31.2 Å². The van der Waals surface area contributed by atoms with Gasteiger partial charge in [0.15, 0.2) is 5.17 Å². The number of amidine groups is 1. The number of rotatable bonds is 3. The number of nitrogens with one attached hydrogen (secondary N) is 2. The first kappa shape index (κ1) is 13.9. The Morgan fingerprint density at radius 1 is 1.41 bits per heavy atom. The van der Waals surface area contributed by atoms with E-state index in [2.05, 4.69) is 25.5 Å². The van der Waals surface area contributed by atoms with Crippen molar-refractivity contribution in [2.75, 3.05) is 0 Å². The minimum atomic E-state index is -0.485. The molecule has 2 heterocycles. The fraction of sp³-hybridized carbons (Fsp3) is 0. The molecule has 1 fully saturated rings. The van der Waals surface area contributed by atoms with Crippen molar-refractivity contribution in [3.63, 3.8) is 0 Å². The molecule has 0 atom stereocenters. The van der Waals surface area contributed by atoms with Crippen LogP contribution in [0.5, 0.6) is 0 Å². The molecule has 1 aliphatic rings. The van der Waals surface area contributed by atoms with Gasteiger partial charge in [-0.3, -0.25) is 14.9 Å². The maximum atomic E-state index is 11.9. The van der Waals surface area contributed by atoms with Gasteiger partial charge in [-0.15, -0.1) is 0 Å². The number of non-ortho nitro benzene ring substituents is 1. The summed E-state index contributed by atoms with van der Waals surface area (Å²) in [5, 5.41) is 19.9. The number of benzene rings is 1. The number of carbonyl (C=O) groups excluding carboxylic acids is 1. The summed E-state index contributed by atoms with van der Waals surface area (Å²) in [7, 11) is 0. The Hall–Kier alpha value is -3.01. The van der Waals surface area contributed by atoms with Gasteiger partial charge in [0, 0.05) is 12.1 Å². The van der Waals surface area contributed by atoms with E-state index in [1.54, 1.807) is 18.2 Å². The number of aromatic amines is 1. The predicted molar refractivity (Wildman–Crippen MR) is 80.3 cm³/mol. The lowest BCUT2D eigenvalue weighted by molar-refractivity contribution is -0.384. The van der Waals surface area contributed by atoms with E-state index in [1.807, 2.05) is 0 Å². The Labute approximate surface area is 127 Å². The van der Waals surface area contributed by atoms with Gasteiger partial charge in [-0.2, -0.15) is 15.1 Å². The van der Waals surface area contributed by atoms with Crippen LogP contribution in [0, 0.1) is 10.1 Å². The number of nitrogens with zero attached hydrogens (tertiary/aromatic N) is 4. The molecule has 0 saturated carbocycles. The summed E-state index contributed by atoms with van der Waals surface area (Å²) in [5.41, 5.74) is 0.529. The third-order valence-corrected chi connectivity index (χ3v) is 3.55. The van der Waals surface area contributed by atoms with E-state index in [4.69, 9.17) is 0 Å². The average Bonchev–Trinajstić information content (AvgIpc) is 3.10. The molecule has 0 radical (unpaired) electrons. The molecule has 3 rings (SSSR count). The van der Waals surface area contributed by atoms with Gasteiger partial charge in [-0.1, -0.05) is 12.1 Å². The largest absolute Gasteiger partial charge is 0.300 e. The molecule has 1 aromatic carbocycles. The van der Waals surface area contributed by atoms with Gasteiger partial charge in [0.2, 0.25) is 5.95 Å². The van der Waals surface area contributed by atoms with Crippen molar-refractivity contribution in [2.45, 2.75) is 0 Å². The SMILES string of the molecule is O=C1N/C(=N\c2ncn[nH]2)S/C1=C\c1cccc([N+](=O)[O-])c1. The second-order valence-corrected chi connectivity index (χ2v) is 5.17. The number of carbonyl (C=O) groups is 1. The summed E-state index contributed by atoms with van der Waals surface area (Å²) in [5.74, 6) is -0.0471. The normalized spacial score (nSPS) is 17.9. The van der Waals surface area contributed by atoms with Crippen molar-refractivity contribution in [3.05, 3.63) is 51.2 Å². The highest BCUT2D eigenvalue weighted by atomic mass is 32.2. The van der Waals surface area contributed by atoms with Gasteiger partial charge in [-0.25, -0.2) is 5.10 Å². The van der Waals surface area contributed by atoms with Crippen molar-refractivity contribution >= 4 is 40.5 Å². The van der Waals surface area contributed by atoms with Gasteiger partial charge in [0.25, 0.3) is 11.6 Å². The zero-order valence-corrected chi connectivity index (χ0v) is 11.7. The topological polar surface area (TPSA) is 126 Å². The number of hydrogen-bond donors (Lipinski definition) is 2. The zero-order valence-electron chi connectivity index (χ0n) is 10.9. The number of hydrogen-bond acceptors (Lipinski definition) is 7. The zero-order chi connectivity index (χ0) is 15.5. The first-order valence-corrected chi connectivity index (χ1v) is 6.83. The van der Waals surface area contributed by atoms with Crippen molar-refractivity contribution < 1.29 is 9.72 Å². The molecule has 1 aliphatic heterocycles. The van der Waals surface area contributed by atoms with Crippen molar-refractivity contribution in [3.8, 4) is 0 Å². The highest BCUT2D eigenvalue weighted by molar-refractivity contribution is 8.18. The van der Waals surface area contributed by atoms with Crippen molar-refractivity contribution in [2.24, 2.45) is 4.99 Å². The number of aliphatic imine (C=N–C) groups is 1. The molecule has 1 saturated heterocycles. The van der Waals surface area contributed by atoms with Crippen LogP contribution in [0.1, 0.15) is 5.56 Å². The molecule has 22 heavy (non-hydrogen) atoms. The van der Waals surface area contributed by atoms with Crippen LogP contribution in [0.3, 0.4) is 0 Å². The highest BCUT2D eigenvalue weighted by Gasteiger charge is 2.24. The Balaban J connectivity index is 1.84. The number of amides is 1. The number of nitro benzene ring substituents is 1. The van der Waals surface area contributed by atoms with Crippen molar-refractivity contribution in [1.29, 1.82) is 0 Å². The number of H-pyrrole nitrogens is 1. The van der Waals surface area contributed by atoms with Crippen LogP contribution in [0.4, 0.5) is 11.6 Å². The molecule has 1 aromatic heterocycles. The highest BCUT2D eigenvalue weighted by Crippen LogP contribution is 2.27. The molecule has 0 unspecified atom stereocenters. The van der Waals surface area contributed by atoms with Gasteiger partial charge < -0.3 is 5.32 Å². The molecule has 2 aromatic rings. The molecular formula is C12H8N6O3S. The summed E-state index contributed by atoms with van der Waals surface area (Å²) in [4.78, 5) is 30.4. The maximum Gasteiger partial charge on any atom is 0.270 e. The fourth-order valence-corrected chi connectivity index (χ4v) is 2.53. The first-order chi connectivity index (χ1) is 10.6. The fourth-order valence-electron chi connectivity index (χ4n) is 1.71. The Kier molecular flexibility index (Phi) is 3.66. The lowest BCUT2D eigenvalue weighted by Gasteiger charge is -1.95. The van der Waals surface area contributed by atoms with E-state index < -0.39 is 4.92 Å². The Morgan fingerprint density at radius 3 is 3.00 bits per heavy atom. The molecule has 2 N–H and O–H groups in total. The molecule has 1 amide bonds. The monoisotopic (exact) mass is 316 g/mol. The van der Waals surface area contributed by atoms with Crippen LogP contribution >= 0.6 is 11.8 Å². The van der Waals surface area contributed by atoms with Crippen molar-refractivity contribution in [1.82, 2.24) is 20.5 Å². The molecule has 10 heteroatoms. The summed E-state index contributed by atoms with van der Waals surface area (Å²) in [6, 6.07) is 6.03. The summed E-state index contributed by atoms with van der Waals surface area (Å²) >= 11 is 1.12. The van der Waals surface area contributed by atoms with Gasteiger partial charge in [0.05, 0.1) is 9.83 Å². The second-order valence-electron chi connectivity index (χ2n) is 4.14. The second kappa shape index (κ2) is 5.77. The number of aromatic nitrogens is 3. The first-order valence-electron chi connectivity index (χ1n) is 6.01. The minimum absolute atomic E-state index is 0.0340. The average molecular weight is 316 g/mol. The lowest BCUT2D eigenvalue weighted by atomic mass is 10.2. The van der Waals surface area contributed by atoms with Gasteiger partial charge >= 0.3 is 0 Å². The van der Waals surface area contributed by atoms with Gasteiger partial charge in [0.1, 0.15) is 6.33 Å². The van der Waals surface area contributed by atoms with Crippen LogP contribution in [0.2, 0.25) is 0 Å². The lowest BCUT2D eigenvalue weighted by Crippen LogP contribution is -2.19. The molecule has 0 aliphatic carbocycles. The standard InChI is InChI=1S/C12H8N6O3S/c19-10-9(5-7-2-1-3-8(4-7)18(20)21)22-12(15-10)16-11-13-6-14-17-11/h1-6H,(H2,13,14,15,16,17,19)/b9-5-. The molecule has 0 bridgehead atoms. The summed E-state index contributed by atoms with van der Waals surface area (Å²) in [6.45, 7) is 0. The van der Waals surface area contributed by atoms with E-state index in [0.717, 1.165) is 11.8 Å². The van der Waals surface area contributed by atoms with Crippen LogP contribution in [-0.2, 0) is 4.79 Å². The van der Waals surface area contributed by atoms with Gasteiger partial charge in [-0.05, 0) is 23.4 Å². The van der Waals surface area contributed by atoms with Crippen LogP contribution in [0.15, 0.2) is 40.5 Å². The number of thioether (sulfide) groups is 1. The predicted octanol–water partition coefficient (Wildman–Crippen LogP) is 1.60. The van der Waals surface area contributed by atoms with Crippen LogP contribution in [0.25, 0.3) is 6.08 Å². The third kappa shape index (κ3) is 3.01. The molecule has 0 spiro atoms. The Morgan fingerprint density at radius 2 is 2.27 bits per heavy atom. The molecule has 110 valence electrons. The smallest absolute Gasteiger partial charge is 0.270 e. The van der Waals surface area contributed by atoms with E-state index >= 15 is 0 Å². The quantitative estimate of drug-likeness (QED) is 0.503. The van der Waals surface area contributed by atoms with Crippen LogP contribution < -0.4 is 5.32 Å². The Bertz CT molecular complexity index is 799. The molecular weight excluding hydrogens is 308 g/mol. The summed E-state index contributed by atoms with van der Waals surface area (Å²) in [6.07, 6.45) is 2.87. The van der Waals surface area contributed by atoms with E-state index in [-0.39, 0.29) is 17.5 Å².